The second-order valence-corrected chi connectivity index (χ2v) is 7.17. The quantitative estimate of drug-likeness (QED) is 0.815. The zero-order chi connectivity index (χ0) is 16.9. The molecule has 1 amide bonds. The molecule has 2 aromatic rings. The smallest absolute Gasteiger partial charge is 0.233 e. The minimum atomic E-state index is 0.0883. The van der Waals surface area contributed by atoms with E-state index >= 15 is 0 Å². The Hall–Kier alpha value is -1.78. The van der Waals surface area contributed by atoms with E-state index in [4.69, 9.17) is 11.6 Å². The van der Waals surface area contributed by atoms with Crippen LogP contribution >= 0.6 is 23.4 Å². The first kappa shape index (κ1) is 17.1. The molecule has 0 saturated carbocycles. The van der Waals surface area contributed by atoms with Gasteiger partial charge in [0.1, 0.15) is 0 Å². The summed E-state index contributed by atoms with van der Waals surface area (Å²) in [6.45, 7) is 3.44. The number of halogens is 1. The Labute approximate surface area is 151 Å². The fraction of sp³-hybridized carbons (Fsp3) is 0.263. The second-order valence-electron chi connectivity index (χ2n) is 5.79. The van der Waals surface area contributed by atoms with Crippen molar-refractivity contribution >= 4 is 34.4 Å². The molecule has 0 atom stereocenters. The van der Waals surface area contributed by atoms with Crippen molar-refractivity contribution in [1.82, 2.24) is 4.90 Å². The lowest BCUT2D eigenvalue weighted by molar-refractivity contribution is -0.126. The normalized spacial score (nSPS) is 13.9. The highest BCUT2D eigenvalue weighted by atomic mass is 35.5. The molecule has 0 aromatic heterocycles. The maximum atomic E-state index is 12.6. The van der Waals surface area contributed by atoms with Crippen molar-refractivity contribution in [2.75, 3.05) is 13.1 Å². The summed E-state index contributed by atoms with van der Waals surface area (Å²) in [4.78, 5) is 18.9. The fourth-order valence-electron chi connectivity index (χ4n) is 2.60. The van der Waals surface area contributed by atoms with E-state index in [1.165, 1.54) is 11.1 Å². The Morgan fingerprint density at radius 3 is 2.75 bits per heavy atom. The number of aryl methyl sites for hydroxylation is 1. The summed E-state index contributed by atoms with van der Waals surface area (Å²) in [5.41, 5.74) is 3.47. The lowest BCUT2D eigenvalue weighted by atomic mass is 10.1. The largest absolute Gasteiger partial charge is 0.289 e. The molecule has 0 spiro atoms. The van der Waals surface area contributed by atoms with E-state index in [9.17, 15) is 4.79 Å². The van der Waals surface area contributed by atoms with Gasteiger partial charge in [-0.3, -0.25) is 14.7 Å². The molecule has 3 rings (SSSR count). The van der Waals surface area contributed by atoms with Crippen molar-refractivity contribution in [3.8, 4) is 0 Å². The fourth-order valence-corrected chi connectivity index (χ4v) is 3.74. The Bertz CT molecular complexity index is 758. The van der Waals surface area contributed by atoms with Crippen molar-refractivity contribution in [3.05, 3.63) is 70.2 Å². The van der Waals surface area contributed by atoms with Crippen LogP contribution in [-0.2, 0) is 17.0 Å². The minimum Gasteiger partial charge on any atom is -0.289 e. The Morgan fingerprint density at radius 2 is 2.00 bits per heavy atom. The molecule has 0 bridgehead atoms. The molecule has 1 aliphatic rings. The van der Waals surface area contributed by atoms with Gasteiger partial charge in [0.15, 0.2) is 5.17 Å². The molecule has 1 aliphatic heterocycles. The third-order valence-electron chi connectivity index (χ3n) is 3.82. The predicted octanol–water partition coefficient (Wildman–Crippen LogP) is 4.32. The number of rotatable bonds is 4. The van der Waals surface area contributed by atoms with Crippen molar-refractivity contribution < 1.29 is 4.79 Å². The number of thioether (sulfide) groups is 1. The molecule has 124 valence electrons. The standard InChI is InChI=1S/C19H19ClN2OS/c1-14-3-2-4-16(11-14)13-24-19-21-9-10-22(19)18(23)12-15-5-7-17(20)8-6-15/h2-8,11H,9-10,12-13H2,1H3. The first-order valence-corrected chi connectivity index (χ1v) is 9.26. The number of hydrogen-bond acceptors (Lipinski definition) is 3. The molecule has 2 aromatic carbocycles. The van der Waals surface area contributed by atoms with E-state index in [0.717, 1.165) is 16.5 Å². The average Bonchev–Trinajstić information content (AvgIpc) is 3.04. The molecule has 0 N–H and O–H groups in total. The number of aliphatic imine (C=N–C) groups is 1. The highest BCUT2D eigenvalue weighted by Gasteiger charge is 2.24. The molecule has 0 aliphatic carbocycles. The van der Waals surface area contributed by atoms with Crippen LogP contribution in [0.25, 0.3) is 0 Å². The van der Waals surface area contributed by atoms with Crippen LogP contribution in [0.15, 0.2) is 53.5 Å². The summed E-state index contributed by atoms with van der Waals surface area (Å²) < 4.78 is 0. The Morgan fingerprint density at radius 1 is 1.21 bits per heavy atom. The number of carbonyl (C=O) groups is 1. The van der Waals surface area contributed by atoms with Gasteiger partial charge in [-0.15, -0.1) is 0 Å². The topological polar surface area (TPSA) is 32.7 Å². The van der Waals surface area contributed by atoms with E-state index in [1.807, 2.05) is 24.3 Å². The third kappa shape index (κ3) is 4.40. The number of nitrogens with zero attached hydrogens (tertiary/aromatic N) is 2. The van der Waals surface area contributed by atoms with Crippen molar-refractivity contribution in [2.45, 2.75) is 19.1 Å². The summed E-state index contributed by atoms with van der Waals surface area (Å²) in [5, 5.41) is 1.51. The van der Waals surface area contributed by atoms with Crippen LogP contribution in [0.3, 0.4) is 0 Å². The van der Waals surface area contributed by atoms with Gasteiger partial charge in [0, 0.05) is 17.3 Å². The van der Waals surface area contributed by atoms with Gasteiger partial charge in [0.25, 0.3) is 0 Å². The van der Waals surface area contributed by atoms with Crippen LogP contribution in [0.1, 0.15) is 16.7 Å². The van der Waals surface area contributed by atoms with E-state index < -0.39 is 0 Å². The Balaban J connectivity index is 1.60. The average molecular weight is 359 g/mol. The molecule has 0 unspecified atom stereocenters. The molecular formula is C19H19ClN2OS. The summed E-state index contributed by atoms with van der Waals surface area (Å²) in [6.07, 6.45) is 0.376. The van der Waals surface area contributed by atoms with Crippen molar-refractivity contribution in [2.24, 2.45) is 4.99 Å². The van der Waals surface area contributed by atoms with Gasteiger partial charge in [-0.05, 0) is 30.2 Å². The van der Waals surface area contributed by atoms with E-state index in [0.29, 0.717) is 24.5 Å². The van der Waals surface area contributed by atoms with Gasteiger partial charge in [-0.2, -0.15) is 0 Å². The molecule has 1 heterocycles. The van der Waals surface area contributed by atoms with Crippen LogP contribution in [0, 0.1) is 6.92 Å². The van der Waals surface area contributed by atoms with Crippen molar-refractivity contribution in [3.63, 3.8) is 0 Å². The molecule has 0 fully saturated rings. The Kier molecular flexibility index (Phi) is 5.59. The number of benzene rings is 2. The van der Waals surface area contributed by atoms with Crippen LogP contribution in [0.2, 0.25) is 5.02 Å². The zero-order valence-corrected chi connectivity index (χ0v) is 15.1. The van der Waals surface area contributed by atoms with Gasteiger partial charge >= 0.3 is 0 Å². The monoisotopic (exact) mass is 358 g/mol. The summed E-state index contributed by atoms with van der Waals surface area (Å²) in [7, 11) is 0. The van der Waals surface area contributed by atoms with Gasteiger partial charge in [-0.1, -0.05) is 65.3 Å². The molecule has 3 nitrogen and oxygen atoms in total. The molecule has 0 radical (unpaired) electrons. The van der Waals surface area contributed by atoms with E-state index in [1.54, 1.807) is 16.7 Å². The van der Waals surface area contributed by atoms with Gasteiger partial charge in [0.05, 0.1) is 13.0 Å². The number of amidine groups is 1. The number of hydrogen-bond donors (Lipinski definition) is 0. The zero-order valence-electron chi connectivity index (χ0n) is 13.5. The predicted molar refractivity (Wildman–Crippen MR) is 102 cm³/mol. The van der Waals surface area contributed by atoms with Crippen LogP contribution < -0.4 is 0 Å². The minimum absolute atomic E-state index is 0.0883. The summed E-state index contributed by atoms with van der Waals surface area (Å²) in [6, 6.07) is 15.8. The summed E-state index contributed by atoms with van der Waals surface area (Å²) >= 11 is 7.52. The highest BCUT2D eigenvalue weighted by Crippen LogP contribution is 2.21. The van der Waals surface area contributed by atoms with Crippen LogP contribution in [0.4, 0.5) is 0 Å². The molecular weight excluding hydrogens is 340 g/mol. The van der Waals surface area contributed by atoms with Crippen molar-refractivity contribution in [1.29, 1.82) is 0 Å². The second kappa shape index (κ2) is 7.86. The first-order valence-electron chi connectivity index (χ1n) is 7.89. The van der Waals surface area contributed by atoms with Gasteiger partial charge in [-0.25, -0.2) is 0 Å². The van der Waals surface area contributed by atoms with E-state index in [-0.39, 0.29) is 5.91 Å². The van der Waals surface area contributed by atoms with Crippen LogP contribution in [-0.4, -0.2) is 29.1 Å². The number of carbonyl (C=O) groups excluding carboxylic acids is 1. The van der Waals surface area contributed by atoms with Crippen LogP contribution in [0.5, 0.6) is 0 Å². The SMILES string of the molecule is Cc1cccc(CSC2=NCCN2C(=O)Cc2ccc(Cl)cc2)c1. The first-order chi connectivity index (χ1) is 11.6. The third-order valence-corrected chi connectivity index (χ3v) is 5.16. The lowest BCUT2D eigenvalue weighted by Gasteiger charge is -2.18. The summed E-state index contributed by atoms with van der Waals surface area (Å²) in [5.74, 6) is 0.913. The van der Waals surface area contributed by atoms with Gasteiger partial charge < -0.3 is 0 Å². The van der Waals surface area contributed by atoms with Gasteiger partial charge in [0.2, 0.25) is 5.91 Å². The maximum absolute atomic E-state index is 12.6. The number of amides is 1. The maximum Gasteiger partial charge on any atom is 0.233 e. The molecule has 5 heteroatoms. The van der Waals surface area contributed by atoms with E-state index in [2.05, 4.69) is 36.2 Å². The molecule has 0 saturated heterocycles. The lowest BCUT2D eigenvalue weighted by Crippen LogP contribution is -2.34. The highest BCUT2D eigenvalue weighted by molar-refractivity contribution is 8.13. The molecule has 24 heavy (non-hydrogen) atoms.